The van der Waals surface area contributed by atoms with Crippen molar-refractivity contribution in [3.05, 3.63) is 93.9 Å². The van der Waals surface area contributed by atoms with Gasteiger partial charge in [0.15, 0.2) is 18.1 Å². The third-order valence-corrected chi connectivity index (χ3v) is 6.51. The Hall–Kier alpha value is -4.55. The predicted octanol–water partition coefficient (Wildman–Crippen LogP) is 5.13. The zero-order valence-corrected chi connectivity index (χ0v) is 21.0. The maximum atomic E-state index is 12.9. The van der Waals surface area contributed by atoms with Crippen molar-refractivity contribution >= 4 is 40.6 Å². The summed E-state index contributed by atoms with van der Waals surface area (Å²) in [7, 11) is 1.47. The predicted molar refractivity (Wildman–Crippen MR) is 141 cm³/mol. The number of ether oxygens (including phenoxy) is 2. The smallest absolute Gasteiger partial charge is 0.293 e. The van der Waals surface area contributed by atoms with E-state index in [0.29, 0.717) is 33.9 Å². The Bertz CT molecular complexity index is 1440. The van der Waals surface area contributed by atoms with E-state index in [4.69, 9.17) is 9.47 Å². The molecule has 0 unspecified atom stereocenters. The lowest BCUT2D eigenvalue weighted by atomic mass is 10.1. The second kappa shape index (κ2) is 11.5. The molecule has 1 saturated heterocycles. The molecule has 8 nitrogen and oxygen atoms in total. The van der Waals surface area contributed by atoms with Gasteiger partial charge in [-0.3, -0.25) is 19.3 Å². The fourth-order valence-electron chi connectivity index (χ4n) is 3.66. The summed E-state index contributed by atoms with van der Waals surface area (Å²) in [5.74, 6) is -0.0117. The number of amides is 3. The number of rotatable bonds is 8. The molecule has 1 aliphatic rings. The summed E-state index contributed by atoms with van der Waals surface area (Å²) in [5.41, 5.74) is 3.29. The molecule has 0 saturated carbocycles. The van der Waals surface area contributed by atoms with Gasteiger partial charge in [0.05, 0.1) is 30.2 Å². The molecule has 0 bridgehead atoms. The molecule has 1 fully saturated rings. The van der Waals surface area contributed by atoms with Crippen LogP contribution in [0.5, 0.6) is 11.5 Å². The summed E-state index contributed by atoms with van der Waals surface area (Å²) in [4.78, 5) is 39.2. The molecule has 1 heterocycles. The lowest BCUT2D eigenvalue weighted by Gasteiger charge is -2.13. The first kappa shape index (κ1) is 25.5. The summed E-state index contributed by atoms with van der Waals surface area (Å²) >= 11 is 0.834. The molecule has 0 aromatic heterocycles. The molecule has 9 heteroatoms. The highest BCUT2D eigenvalue weighted by Crippen LogP contribution is 2.35. The highest BCUT2D eigenvalue weighted by atomic mass is 32.2. The van der Waals surface area contributed by atoms with Gasteiger partial charge in [-0.1, -0.05) is 42.5 Å². The summed E-state index contributed by atoms with van der Waals surface area (Å²) in [6.07, 6.45) is 1.60. The number of hydrogen-bond donors (Lipinski definition) is 1. The molecule has 3 amide bonds. The number of carbonyl (C=O) groups is 3. The van der Waals surface area contributed by atoms with Crippen molar-refractivity contribution in [2.24, 2.45) is 0 Å². The Morgan fingerprint density at radius 3 is 2.59 bits per heavy atom. The van der Waals surface area contributed by atoms with Crippen LogP contribution in [0.2, 0.25) is 0 Å². The number of thioether (sulfide) groups is 1. The summed E-state index contributed by atoms with van der Waals surface area (Å²) in [6.45, 7) is 1.71. The van der Waals surface area contributed by atoms with Gasteiger partial charge in [-0.05, 0) is 65.7 Å². The molecule has 4 rings (SSSR count). The van der Waals surface area contributed by atoms with Crippen LogP contribution in [0.4, 0.5) is 10.5 Å². The number of nitriles is 1. The Balaban J connectivity index is 1.44. The fourth-order valence-corrected chi connectivity index (χ4v) is 4.50. The summed E-state index contributed by atoms with van der Waals surface area (Å²) in [5, 5.41) is 11.7. The molecule has 0 radical (unpaired) electrons. The number of nitrogens with one attached hydrogen (secondary N) is 1. The van der Waals surface area contributed by atoms with Crippen molar-refractivity contribution in [3.8, 4) is 17.6 Å². The minimum atomic E-state index is -0.435. The first-order valence-electron chi connectivity index (χ1n) is 11.3. The summed E-state index contributed by atoms with van der Waals surface area (Å²) in [6, 6.07) is 21.4. The Labute approximate surface area is 218 Å². The van der Waals surface area contributed by atoms with Crippen molar-refractivity contribution in [2.75, 3.05) is 19.0 Å². The van der Waals surface area contributed by atoms with Gasteiger partial charge in [0.25, 0.3) is 17.1 Å². The zero-order chi connectivity index (χ0) is 26.4. The second-order valence-electron chi connectivity index (χ2n) is 8.10. The van der Waals surface area contributed by atoms with E-state index in [1.807, 2.05) is 31.2 Å². The van der Waals surface area contributed by atoms with Gasteiger partial charge in [0, 0.05) is 5.69 Å². The number of anilines is 1. The highest BCUT2D eigenvalue weighted by Gasteiger charge is 2.35. The largest absolute Gasteiger partial charge is 0.493 e. The number of benzene rings is 3. The van der Waals surface area contributed by atoms with Crippen molar-refractivity contribution in [2.45, 2.75) is 13.5 Å². The summed E-state index contributed by atoms with van der Waals surface area (Å²) < 4.78 is 11.1. The molecule has 3 aromatic carbocycles. The van der Waals surface area contributed by atoms with Crippen LogP contribution in [0.15, 0.2) is 71.6 Å². The van der Waals surface area contributed by atoms with E-state index in [1.54, 1.807) is 48.5 Å². The molecule has 0 spiro atoms. The van der Waals surface area contributed by atoms with Gasteiger partial charge < -0.3 is 14.8 Å². The lowest BCUT2D eigenvalue weighted by Crippen LogP contribution is -2.27. The van der Waals surface area contributed by atoms with Crippen LogP contribution in [0.1, 0.15) is 22.3 Å². The zero-order valence-electron chi connectivity index (χ0n) is 20.2. The number of methoxy groups -OCH3 is 1. The van der Waals surface area contributed by atoms with E-state index in [-0.39, 0.29) is 24.0 Å². The van der Waals surface area contributed by atoms with Crippen LogP contribution in [-0.4, -0.2) is 35.7 Å². The number of para-hydroxylation sites is 1. The number of hydrogen-bond acceptors (Lipinski definition) is 7. The van der Waals surface area contributed by atoms with E-state index in [1.165, 1.54) is 7.11 Å². The van der Waals surface area contributed by atoms with Crippen LogP contribution in [0.3, 0.4) is 0 Å². The lowest BCUT2D eigenvalue weighted by molar-refractivity contribution is -0.123. The van der Waals surface area contributed by atoms with E-state index in [9.17, 15) is 19.6 Å². The molecule has 186 valence electrons. The third-order valence-electron chi connectivity index (χ3n) is 5.60. The van der Waals surface area contributed by atoms with E-state index in [0.717, 1.165) is 22.2 Å². The topological polar surface area (TPSA) is 109 Å². The van der Waals surface area contributed by atoms with Gasteiger partial charge in [-0.2, -0.15) is 5.26 Å². The molecule has 0 aliphatic carbocycles. The Morgan fingerprint density at radius 1 is 1.08 bits per heavy atom. The average molecular weight is 514 g/mol. The van der Waals surface area contributed by atoms with Gasteiger partial charge in [0.1, 0.15) is 0 Å². The normalized spacial score (nSPS) is 14.0. The van der Waals surface area contributed by atoms with Crippen LogP contribution in [-0.2, 0) is 16.1 Å². The Morgan fingerprint density at radius 2 is 1.84 bits per heavy atom. The van der Waals surface area contributed by atoms with Crippen LogP contribution < -0.4 is 14.8 Å². The molecule has 3 aromatic rings. The molecule has 1 aliphatic heterocycles. The van der Waals surface area contributed by atoms with E-state index >= 15 is 0 Å². The van der Waals surface area contributed by atoms with Crippen LogP contribution in [0, 0.1) is 18.3 Å². The van der Waals surface area contributed by atoms with Crippen molar-refractivity contribution < 1.29 is 23.9 Å². The number of nitrogens with zero attached hydrogens (tertiary/aromatic N) is 2. The molecular formula is C28H23N3O5S. The first-order valence-corrected chi connectivity index (χ1v) is 12.1. The third kappa shape index (κ3) is 6.00. The van der Waals surface area contributed by atoms with Gasteiger partial charge in [-0.15, -0.1) is 0 Å². The Kier molecular flexibility index (Phi) is 7.91. The first-order chi connectivity index (χ1) is 17.9. The SMILES string of the molecule is COc1cc(/C=C2\SC(=O)N(Cc3ccccc3C#N)C2=O)ccc1OCC(=O)Nc1ccccc1C. The second-order valence-corrected chi connectivity index (χ2v) is 9.09. The minimum Gasteiger partial charge on any atom is -0.493 e. The van der Waals surface area contributed by atoms with Gasteiger partial charge in [-0.25, -0.2) is 0 Å². The highest BCUT2D eigenvalue weighted by molar-refractivity contribution is 8.18. The van der Waals surface area contributed by atoms with E-state index < -0.39 is 11.1 Å². The maximum Gasteiger partial charge on any atom is 0.293 e. The average Bonchev–Trinajstić information content (AvgIpc) is 3.16. The van der Waals surface area contributed by atoms with Gasteiger partial charge in [0.2, 0.25) is 0 Å². The standard InChI is InChI=1S/C28H23N3O5S/c1-18-7-3-6-10-22(18)30-26(32)17-36-23-12-11-19(13-24(23)35-2)14-25-27(33)31(28(34)37-25)16-21-9-5-4-8-20(21)15-29/h3-14H,16-17H2,1-2H3,(H,30,32)/b25-14-. The van der Waals surface area contributed by atoms with Crippen molar-refractivity contribution in [3.63, 3.8) is 0 Å². The molecule has 1 N–H and O–H groups in total. The van der Waals surface area contributed by atoms with E-state index in [2.05, 4.69) is 11.4 Å². The quantitative estimate of drug-likeness (QED) is 0.416. The number of carbonyl (C=O) groups excluding carboxylic acids is 3. The van der Waals surface area contributed by atoms with Crippen LogP contribution >= 0.6 is 11.8 Å². The minimum absolute atomic E-state index is 0.0202. The number of aryl methyl sites for hydroxylation is 1. The van der Waals surface area contributed by atoms with Crippen molar-refractivity contribution in [1.82, 2.24) is 4.90 Å². The molecule has 0 atom stereocenters. The maximum absolute atomic E-state index is 12.9. The van der Waals surface area contributed by atoms with Crippen molar-refractivity contribution in [1.29, 1.82) is 5.26 Å². The molecule has 37 heavy (non-hydrogen) atoms. The molecular weight excluding hydrogens is 490 g/mol. The fraction of sp³-hybridized carbons (Fsp3) is 0.143. The van der Waals surface area contributed by atoms with Crippen LogP contribution in [0.25, 0.3) is 6.08 Å². The monoisotopic (exact) mass is 513 g/mol. The number of imide groups is 1. The van der Waals surface area contributed by atoms with Gasteiger partial charge >= 0.3 is 0 Å².